The van der Waals surface area contributed by atoms with E-state index in [0.717, 1.165) is 48.5 Å². The number of hydrogen-bond acceptors (Lipinski definition) is 7. The van der Waals surface area contributed by atoms with E-state index in [0.29, 0.717) is 18.8 Å². The number of carbonyl (C=O) groups is 1. The monoisotopic (exact) mass is 379 g/mol. The van der Waals surface area contributed by atoms with Crippen LogP contribution in [0.5, 0.6) is 0 Å². The van der Waals surface area contributed by atoms with Crippen molar-refractivity contribution in [2.75, 3.05) is 25.0 Å². The van der Waals surface area contributed by atoms with Gasteiger partial charge in [0.25, 0.3) is 5.91 Å². The number of ether oxygens (including phenoxy) is 1. The number of anilines is 1. The summed E-state index contributed by atoms with van der Waals surface area (Å²) in [4.78, 5) is 27.5. The Balaban J connectivity index is 1.34. The smallest absolute Gasteiger partial charge is 0.271 e. The topological polar surface area (TPSA) is 98.1 Å². The van der Waals surface area contributed by atoms with Crippen LogP contribution in [0.4, 0.5) is 5.82 Å². The molecule has 0 aromatic carbocycles. The van der Waals surface area contributed by atoms with Gasteiger partial charge < -0.3 is 15.0 Å². The fourth-order valence-electron chi connectivity index (χ4n) is 4.04. The summed E-state index contributed by atoms with van der Waals surface area (Å²) in [7, 11) is 1.61. The first kappa shape index (κ1) is 17.1. The standard InChI is InChI=1S/C19H21N7O2/c1-20-18(27)15-10-13-11-28-19(12-26(13)24-15)3-8-25(9-4-19)17-16-14(2-5-23-17)21-6-7-22-16/h2,5-7,10H,3-4,8-9,11-12H2,1H3,(H,20,27). The van der Waals surface area contributed by atoms with E-state index in [-0.39, 0.29) is 11.5 Å². The van der Waals surface area contributed by atoms with E-state index in [4.69, 9.17) is 4.74 Å². The molecule has 1 saturated heterocycles. The van der Waals surface area contributed by atoms with Crippen LogP contribution in [0.2, 0.25) is 0 Å². The van der Waals surface area contributed by atoms with Crippen molar-refractivity contribution in [3.8, 4) is 0 Å². The lowest BCUT2D eigenvalue weighted by atomic mass is 9.90. The minimum Gasteiger partial charge on any atom is -0.367 e. The molecule has 0 saturated carbocycles. The molecule has 144 valence electrons. The maximum absolute atomic E-state index is 11.9. The van der Waals surface area contributed by atoms with Gasteiger partial charge in [-0.15, -0.1) is 0 Å². The minimum atomic E-state index is -0.258. The van der Waals surface area contributed by atoms with Gasteiger partial charge >= 0.3 is 0 Å². The molecule has 0 atom stereocenters. The summed E-state index contributed by atoms with van der Waals surface area (Å²) >= 11 is 0. The second-order valence-corrected chi connectivity index (χ2v) is 7.28. The lowest BCUT2D eigenvalue weighted by Crippen LogP contribution is -2.51. The Morgan fingerprint density at radius 1 is 1.18 bits per heavy atom. The Morgan fingerprint density at radius 3 is 2.82 bits per heavy atom. The van der Waals surface area contributed by atoms with E-state index in [1.807, 2.05) is 10.7 Å². The molecule has 28 heavy (non-hydrogen) atoms. The quantitative estimate of drug-likeness (QED) is 0.713. The Labute approximate surface area is 161 Å². The Morgan fingerprint density at radius 2 is 2.00 bits per heavy atom. The van der Waals surface area contributed by atoms with Crippen LogP contribution < -0.4 is 10.2 Å². The number of nitrogens with zero attached hydrogens (tertiary/aromatic N) is 6. The molecule has 9 nitrogen and oxygen atoms in total. The summed E-state index contributed by atoms with van der Waals surface area (Å²) in [6, 6.07) is 3.68. The van der Waals surface area contributed by atoms with Gasteiger partial charge in [-0.3, -0.25) is 14.5 Å². The number of aromatic nitrogens is 5. The fraction of sp³-hybridized carbons (Fsp3) is 0.421. The van der Waals surface area contributed by atoms with Crippen molar-refractivity contribution in [3.63, 3.8) is 0 Å². The van der Waals surface area contributed by atoms with Crippen molar-refractivity contribution in [1.82, 2.24) is 30.0 Å². The number of pyridine rings is 1. The number of piperidine rings is 1. The summed E-state index contributed by atoms with van der Waals surface area (Å²) in [5.74, 6) is 0.701. The number of nitrogens with one attached hydrogen (secondary N) is 1. The summed E-state index contributed by atoms with van der Waals surface area (Å²) in [6.07, 6.45) is 6.90. The Hall–Kier alpha value is -3.07. The first-order valence-corrected chi connectivity index (χ1v) is 9.41. The number of hydrogen-bond donors (Lipinski definition) is 1. The van der Waals surface area contributed by atoms with E-state index >= 15 is 0 Å². The SMILES string of the molecule is CNC(=O)c1cc2n(n1)CC1(CCN(c3nccc4nccnc34)CC1)OC2. The van der Waals surface area contributed by atoms with Gasteiger partial charge in [0.15, 0.2) is 11.5 Å². The predicted octanol–water partition coefficient (Wildman–Crippen LogP) is 1.15. The van der Waals surface area contributed by atoms with Gasteiger partial charge in [-0.2, -0.15) is 5.10 Å². The van der Waals surface area contributed by atoms with Crippen molar-refractivity contribution in [3.05, 3.63) is 42.1 Å². The van der Waals surface area contributed by atoms with Crippen LogP contribution in [0.3, 0.4) is 0 Å². The molecule has 2 aliphatic rings. The lowest BCUT2D eigenvalue weighted by Gasteiger charge is -2.44. The van der Waals surface area contributed by atoms with Crippen molar-refractivity contribution < 1.29 is 9.53 Å². The van der Waals surface area contributed by atoms with Crippen LogP contribution in [-0.4, -0.2) is 56.4 Å². The molecule has 1 N–H and O–H groups in total. The molecule has 1 amide bonds. The highest BCUT2D eigenvalue weighted by atomic mass is 16.5. The number of amides is 1. The molecule has 5 heterocycles. The third kappa shape index (κ3) is 2.78. The fourth-order valence-corrected chi connectivity index (χ4v) is 4.04. The summed E-state index contributed by atoms with van der Waals surface area (Å²) in [6.45, 7) is 2.78. The molecular weight excluding hydrogens is 358 g/mol. The molecule has 5 rings (SSSR count). The highest BCUT2D eigenvalue weighted by molar-refractivity contribution is 5.92. The molecular formula is C19H21N7O2. The molecule has 1 spiro atoms. The highest BCUT2D eigenvalue weighted by Crippen LogP contribution is 2.35. The predicted molar refractivity (Wildman–Crippen MR) is 102 cm³/mol. The van der Waals surface area contributed by atoms with Crippen molar-refractivity contribution in [1.29, 1.82) is 0 Å². The second kappa shape index (κ2) is 6.52. The number of carbonyl (C=O) groups excluding carboxylic acids is 1. The number of rotatable bonds is 2. The van der Waals surface area contributed by atoms with Gasteiger partial charge in [0, 0.05) is 38.7 Å². The molecule has 1 fully saturated rings. The largest absolute Gasteiger partial charge is 0.367 e. The Bertz CT molecular complexity index is 1030. The molecule has 2 aliphatic heterocycles. The molecule has 0 aliphatic carbocycles. The Kier molecular flexibility index (Phi) is 3.97. The minimum absolute atomic E-state index is 0.172. The van der Waals surface area contributed by atoms with E-state index in [1.54, 1.807) is 31.7 Å². The summed E-state index contributed by atoms with van der Waals surface area (Å²) in [5.41, 5.74) is 2.80. The molecule has 3 aromatic heterocycles. The summed E-state index contributed by atoms with van der Waals surface area (Å²) in [5, 5.41) is 7.09. The van der Waals surface area contributed by atoms with Crippen molar-refractivity contribution >= 4 is 22.8 Å². The molecule has 0 radical (unpaired) electrons. The van der Waals surface area contributed by atoms with Crippen LogP contribution in [-0.2, 0) is 17.9 Å². The molecule has 9 heteroatoms. The van der Waals surface area contributed by atoms with Crippen LogP contribution in [0.15, 0.2) is 30.7 Å². The van der Waals surface area contributed by atoms with Crippen LogP contribution in [0.25, 0.3) is 11.0 Å². The van der Waals surface area contributed by atoms with Gasteiger partial charge in [-0.25, -0.2) is 9.97 Å². The summed E-state index contributed by atoms with van der Waals surface area (Å²) < 4.78 is 8.19. The van der Waals surface area contributed by atoms with Gasteiger partial charge in [0.05, 0.1) is 30.0 Å². The average molecular weight is 379 g/mol. The van der Waals surface area contributed by atoms with Gasteiger partial charge in [-0.05, 0) is 25.0 Å². The van der Waals surface area contributed by atoms with Gasteiger partial charge in [0.2, 0.25) is 0 Å². The first-order valence-electron chi connectivity index (χ1n) is 9.41. The zero-order chi connectivity index (χ0) is 19.1. The van der Waals surface area contributed by atoms with Crippen molar-refractivity contribution in [2.45, 2.75) is 31.6 Å². The second-order valence-electron chi connectivity index (χ2n) is 7.28. The van der Waals surface area contributed by atoms with E-state index in [2.05, 4.69) is 30.3 Å². The number of fused-ring (bicyclic) bond motifs is 2. The van der Waals surface area contributed by atoms with Crippen molar-refractivity contribution in [2.24, 2.45) is 0 Å². The highest BCUT2D eigenvalue weighted by Gasteiger charge is 2.40. The maximum atomic E-state index is 11.9. The van der Waals surface area contributed by atoms with Gasteiger partial charge in [0.1, 0.15) is 5.52 Å². The molecule has 3 aromatic rings. The normalized spacial score (nSPS) is 18.2. The molecule has 0 bridgehead atoms. The maximum Gasteiger partial charge on any atom is 0.271 e. The van der Waals surface area contributed by atoms with Gasteiger partial charge in [-0.1, -0.05) is 0 Å². The zero-order valence-electron chi connectivity index (χ0n) is 15.6. The van der Waals surface area contributed by atoms with E-state index in [1.165, 1.54) is 0 Å². The van der Waals surface area contributed by atoms with E-state index < -0.39 is 0 Å². The van der Waals surface area contributed by atoms with Crippen LogP contribution in [0.1, 0.15) is 29.0 Å². The van der Waals surface area contributed by atoms with Crippen LogP contribution >= 0.6 is 0 Å². The first-order chi connectivity index (χ1) is 13.7. The zero-order valence-corrected chi connectivity index (χ0v) is 15.6. The van der Waals surface area contributed by atoms with E-state index in [9.17, 15) is 4.79 Å². The lowest BCUT2D eigenvalue weighted by molar-refractivity contribution is -0.106. The third-order valence-electron chi connectivity index (χ3n) is 5.63. The van der Waals surface area contributed by atoms with Crippen LogP contribution in [0, 0.1) is 0 Å². The third-order valence-corrected chi connectivity index (χ3v) is 5.63. The average Bonchev–Trinajstić information content (AvgIpc) is 3.16. The molecule has 0 unspecified atom stereocenters.